The smallest absolute Gasteiger partial charge is 0.108 e. The fraction of sp³-hybridized carbons (Fsp3) is 0.455. The molecule has 1 heterocycles. The number of benzene rings is 2. The van der Waals surface area contributed by atoms with E-state index in [0.717, 1.165) is 24.2 Å². The van der Waals surface area contributed by atoms with E-state index < -0.39 is 6.10 Å². The second kappa shape index (κ2) is 10.1. The second-order valence-electron chi connectivity index (χ2n) is 7.45. The first-order chi connectivity index (χ1) is 13.4. The van der Waals surface area contributed by atoms with Crippen molar-refractivity contribution < 1.29 is 14.6 Å². The highest BCUT2D eigenvalue weighted by Gasteiger charge is 2.24. The van der Waals surface area contributed by atoms with E-state index in [1.54, 1.807) is 0 Å². The third kappa shape index (κ3) is 6.18. The van der Waals surface area contributed by atoms with Gasteiger partial charge in [-0.1, -0.05) is 47.5 Å². The van der Waals surface area contributed by atoms with E-state index in [4.69, 9.17) is 32.7 Å². The summed E-state index contributed by atoms with van der Waals surface area (Å²) in [5.74, 6) is 0. The van der Waals surface area contributed by atoms with E-state index in [2.05, 4.69) is 18.7 Å². The van der Waals surface area contributed by atoms with Crippen LogP contribution in [-0.4, -0.2) is 54.6 Å². The number of nitrogens with zero attached hydrogens (tertiary/aromatic N) is 1. The summed E-state index contributed by atoms with van der Waals surface area (Å²) in [5, 5.41) is 11.9. The van der Waals surface area contributed by atoms with Crippen molar-refractivity contribution in [1.82, 2.24) is 4.90 Å². The van der Waals surface area contributed by atoms with Crippen LogP contribution in [0.4, 0.5) is 0 Å². The highest BCUT2D eigenvalue weighted by Crippen LogP contribution is 2.28. The van der Waals surface area contributed by atoms with Crippen molar-refractivity contribution in [1.29, 1.82) is 0 Å². The van der Waals surface area contributed by atoms with Gasteiger partial charge in [0.25, 0.3) is 0 Å². The topological polar surface area (TPSA) is 41.9 Å². The number of aliphatic hydroxyl groups excluding tert-OH is 1. The summed E-state index contributed by atoms with van der Waals surface area (Å²) in [7, 11) is 0. The van der Waals surface area contributed by atoms with Crippen molar-refractivity contribution >= 4 is 23.2 Å². The van der Waals surface area contributed by atoms with Crippen molar-refractivity contribution in [3.63, 3.8) is 0 Å². The molecule has 1 N–H and O–H groups in total. The van der Waals surface area contributed by atoms with Crippen LogP contribution in [0.5, 0.6) is 0 Å². The molecule has 0 aromatic heterocycles. The zero-order valence-electron chi connectivity index (χ0n) is 16.2. The predicted octanol–water partition coefficient (Wildman–Crippen LogP) is 4.57. The van der Waals surface area contributed by atoms with Crippen LogP contribution < -0.4 is 0 Å². The molecule has 0 spiro atoms. The number of hydrogen-bond donors (Lipinski definition) is 1. The van der Waals surface area contributed by atoms with Gasteiger partial charge in [-0.15, -0.1) is 0 Å². The summed E-state index contributed by atoms with van der Waals surface area (Å²) in [6, 6.07) is 15.1. The van der Waals surface area contributed by atoms with Crippen LogP contribution in [-0.2, 0) is 9.47 Å². The monoisotopic (exact) mass is 423 g/mol. The Morgan fingerprint density at radius 3 is 1.89 bits per heavy atom. The minimum atomic E-state index is -0.584. The molecule has 152 valence electrons. The van der Waals surface area contributed by atoms with Gasteiger partial charge >= 0.3 is 0 Å². The van der Waals surface area contributed by atoms with Crippen LogP contribution in [0.3, 0.4) is 0 Å². The van der Waals surface area contributed by atoms with Gasteiger partial charge in [0.05, 0.1) is 24.9 Å². The molecule has 3 rings (SSSR count). The van der Waals surface area contributed by atoms with Gasteiger partial charge in [0, 0.05) is 29.7 Å². The fourth-order valence-electron chi connectivity index (χ4n) is 3.65. The lowest BCUT2D eigenvalue weighted by Gasteiger charge is -2.36. The molecule has 6 heteroatoms. The molecule has 28 heavy (non-hydrogen) atoms. The summed E-state index contributed by atoms with van der Waals surface area (Å²) < 4.78 is 11.9. The quantitative estimate of drug-likeness (QED) is 0.707. The Hall–Kier alpha value is -1.14. The standard InChI is InChI=1S/C22H27Cl2NO3/c1-15-11-25(12-16(2)28-15)13-21(26)14-27-22(17-3-7-19(23)8-4-17)18-5-9-20(24)10-6-18/h3-10,15-16,21-22,26H,11-14H2,1-2H3/t15-,16-,21-/m0/s1. The van der Waals surface area contributed by atoms with Gasteiger partial charge in [0.2, 0.25) is 0 Å². The lowest BCUT2D eigenvalue weighted by Crippen LogP contribution is -2.48. The molecule has 2 aromatic carbocycles. The summed E-state index contributed by atoms with van der Waals surface area (Å²) in [4.78, 5) is 2.23. The number of halogens is 2. The van der Waals surface area contributed by atoms with Gasteiger partial charge < -0.3 is 14.6 Å². The van der Waals surface area contributed by atoms with Crippen molar-refractivity contribution in [2.75, 3.05) is 26.2 Å². The molecule has 0 radical (unpaired) electrons. The number of ether oxygens (including phenoxy) is 2. The van der Waals surface area contributed by atoms with Crippen LogP contribution in [0.1, 0.15) is 31.1 Å². The average molecular weight is 424 g/mol. The lowest BCUT2D eigenvalue weighted by molar-refractivity contribution is -0.0843. The molecule has 0 aliphatic carbocycles. The van der Waals surface area contributed by atoms with Gasteiger partial charge in [-0.2, -0.15) is 0 Å². The molecule has 1 fully saturated rings. The van der Waals surface area contributed by atoms with E-state index >= 15 is 0 Å². The Kier molecular flexibility index (Phi) is 7.75. The molecule has 3 atom stereocenters. The average Bonchev–Trinajstić information content (AvgIpc) is 2.64. The Labute approximate surface area is 177 Å². The van der Waals surface area contributed by atoms with Gasteiger partial charge in [-0.05, 0) is 49.2 Å². The minimum Gasteiger partial charge on any atom is -0.389 e. The van der Waals surface area contributed by atoms with Crippen LogP contribution >= 0.6 is 23.2 Å². The van der Waals surface area contributed by atoms with Crippen LogP contribution in [0.2, 0.25) is 10.0 Å². The Morgan fingerprint density at radius 1 is 0.964 bits per heavy atom. The molecular weight excluding hydrogens is 397 g/mol. The van der Waals surface area contributed by atoms with Crippen molar-refractivity contribution in [2.24, 2.45) is 0 Å². The first-order valence-electron chi connectivity index (χ1n) is 9.59. The minimum absolute atomic E-state index is 0.174. The molecule has 1 aliphatic rings. The number of rotatable bonds is 7. The first-order valence-corrected chi connectivity index (χ1v) is 10.3. The van der Waals surface area contributed by atoms with Gasteiger partial charge in [0.1, 0.15) is 6.10 Å². The first kappa shape index (κ1) is 21.6. The van der Waals surface area contributed by atoms with E-state index in [-0.39, 0.29) is 24.9 Å². The molecule has 0 unspecified atom stereocenters. The van der Waals surface area contributed by atoms with E-state index in [0.29, 0.717) is 16.6 Å². The maximum Gasteiger partial charge on any atom is 0.108 e. The molecule has 2 aromatic rings. The van der Waals surface area contributed by atoms with Gasteiger partial charge in [0.15, 0.2) is 0 Å². The highest BCUT2D eigenvalue weighted by molar-refractivity contribution is 6.30. The number of morpholine rings is 1. The summed E-state index contributed by atoms with van der Waals surface area (Å²) in [6.45, 7) is 6.55. The maximum absolute atomic E-state index is 10.6. The lowest BCUT2D eigenvalue weighted by atomic mass is 10.0. The molecule has 4 nitrogen and oxygen atoms in total. The van der Waals surface area contributed by atoms with E-state index in [9.17, 15) is 5.11 Å². The maximum atomic E-state index is 10.6. The van der Waals surface area contributed by atoms with Crippen LogP contribution in [0.25, 0.3) is 0 Å². The predicted molar refractivity (Wildman–Crippen MR) is 113 cm³/mol. The normalized spacial score (nSPS) is 21.8. The van der Waals surface area contributed by atoms with Crippen molar-refractivity contribution in [3.05, 3.63) is 69.7 Å². The van der Waals surface area contributed by atoms with E-state index in [1.807, 2.05) is 48.5 Å². The SMILES string of the molecule is C[C@H]1CN(C[C@H](O)COC(c2ccc(Cl)cc2)c2ccc(Cl)cc2)C[C@H](C)O1. The Bertz CT molecular complexity index is 683. The Morgan fingerprint density at radius 2 is 1.43 bits per heavy atom. The van der Waals surface area contributed by atoms with Crippen molar-refractivity contribution in [3.8, 4) is 0 Å². The second-order valence-corrected chi connectivity index (χ2v) is 8.32. The fourth-order valence-corrected chi connectivity index (χ4v) is 3.90. The van der Waals surface area contributed by atoms with Crippen molar-refractivity contribution in [2.45, 2.75) is 38.3 Å². The third-order valence-corrected chi connectivity index (χ3v) is 5.27. The van der Waals surface area contributed by atoms with Gasteiger partial charge in [-0.25, -0.2) is 0 Å². The Balaban J connectivity index is 1.65. The molecule has 0 saturated carbocycles. The summed E-state index contributed by atoms with van der Waals surface area (Å²) >= 11 is 12.1. The third-order valence-electron chi connectivity index (χ3n) is 4.76. The van der Waals surface area contributed by atoms with Crippen LogP contribution in [0, 0.1) is 0 Å². The van der Waals surface area contributed by atoms with Crippen LogP contribution in [0.15, 0.2) is 48.5 Å². The number of hydrogen-bond acceptors (Lipinski definition) is 4. The molecule has 1 saturated heterocycles. The largest absolute Gasteiger partial charge is 0.389 e. The highest BCUT2D eigenvalue weighted by atomic mass is 35.5. The number of β-amino-alcohol motifs (C(OH)–C–C–N with tert-alkyl or cyclic N) is 1. The zero-order chi connectivity index (χ0) is 20.1. The molecular formula is C22H27Cl2NO3. The summed E-state index contributed by atoms with van der Waals surface area (Å²) in [6.07, 6.45) is -0.535. The molecule has 0 bridgehead atoms. The summed E-state index contributed by atoms with van der Waals surface area (Å²) in [5.41, 5.74) is 1.96. The van der Waals surface area contributed by atoms with E-state index in [1.165, 1.54) is 0 Å². The molecule has 0 amide bonds. The molecule has 1 aliphatic heterocycles. The number of aliphatic hydroxyl groups is 1. The van der Waals surface area contributed by atoms with Gasteiger partial charge in [-0.3, -0.25) is 4.90 Å². The zero-order valence-corrected chi connectivity index (χ0v) is 17.7.